The van der Waals surface area contributed by atoms with E-state index in [-0.39, 0.29) is 22.0 Å². The van der Waals surface area contributed by atoms with E-state index in [1.807, 2.05) is 19.9 Å². The number of nitrogens with one attached hydrogen (secondary N) is 1. The fourth-order valence-corrected chi connectivity index (χ4v) is 2.96. The molecule has 30 heavy (non-hydrogen) atoms. The van der Waals surface area contributed by atoms with Crippen LogP contribution in [0.25, 0.3) is 5.69 Å². The van der Waals surface area contributed by atoms with Crippen molar-refractivity contribution in [2.75, 3.05) is 11.9 Å². The normalized spacial score (nSPS) is 10.5. The SMILES string of the molecule is Cc1cc(C)n(-c2ccc(C(=O)OCC(=O)Nc3ccc(Cl)c([N+](=O)[O-])c3)cc2)n1. The van der Waals surface area contributed by atoms with Crippen LogP contribution in [0.5, 0.6) is 0 Å². The van der Waals surface area contributed by atoms with Crippen LogP contribution in [-0.2, 0) is 9.53 Å². The Kier molecular flexibility index (Phi) is 6.12. The summed E-state index contributed by atoms with van der Waals surface area (Å²) >= 11 is 5.73. The van der Waals surface area contributed by atoms with Crippen LogP contribution < -0.4 is 5.32 Å². The van der Waals surface area contributed by atoms with Crippen molar-refractivity contribution < 1.29 is 19.2 Å². The predicted molar refractivity (Wildman–Crippen MR) is 110 cm³/mol. The highest BCUT2D eigenvalue weighted by molar-refractivity contribution is 6.32. The summed E-state index contributed by atoms with van der Waals surface area (Å²) in [7, 11) is 0. The second-order valence-electron chi connectivity index (χ2n) is 6.43. The number of anilines is 1. The number of esters is 1. The smallest absolute Gasteiger partial charge is 0.338 e. The van der Waals surface area contributed by atoms with E-state index in [4.69, 9.17) is 16.3 Å². The highest BCUT2D eigenvalue weighted by atomic mass is 35.5. The molecule has 154 valence electrons. The van der Waals surface area contributed by atoms with Gasteiger partial charge in [-0.1, -0.05) is 11.6 Å². The summed E-state index contributed by atoms with van der Waals surface area (Å²) in [5.74, 6) is -1.31. The molecule has 0 spiro atoms. The Morgan fingerprint density at radius 1 is 1.17 bits per heavy atom. The molecular formula is C20H17ClN4O5. The molecule has 1 amide bonds. The summed E-state index contributed by atoms with van der Waals surface area (Å²) < 4.78 is 6.76. The van der Waals surface area contributed by atoms with Crippen LogP contribution in [0.3, 0.4) is 0 Å². The topological polar surface area (TPSA) is 116 Å². The molecule has 0 aliphatic rings. The van der Waals surface area contributed by atoms with Gasteiger partial charge in [0.25, 0.3) is 11.6 Å². The van der Waals surface area contributed by atoms with Crippen molar-refractivity contribution in [2.24, 2.45) is 0 Å². The second kappa shape index (κ2) is 8.75. The van der Waals surface area contributed by atoms with Crippen LogP contribution in [0.15, 0.2) is 48.5 Å². The lowest BCUT2D eigenvalue weighted by Crippen LogP contribution is -2.21. The molecule has 10 heteroatoms. The van der Waals surface area contributed by atoms with Gasteiger partial charge in [0, 0.05) is 17.4 Å². The van der Waals surface area contributed by atoms with Gasteiger partial charge in [0.15, 0.2) is 6.61 Å². The molecule has 0 atom stereocenters. The predicted octanol–water partition coefficient (Wildman–Crippen LogP) is 3.85. The number of hydrogen-bond acceptors (Lipinski definition) is 6. The minimum atomic E-state index is -0.674. The van der Waals surface area contributed by atoms with Gasteiger partial charge in [-0.15, -0.1) is 0 Å². The Morgan fingerprint density at radius 2 is 1.87 bits per heavy atom. The maximum absolute atomic E-state index is 12.2. The van der Waals surface area contributed by atoms with E-state index in [1.54, 1.807) is 28.9 Å². The average molecular weight is 429 g/mol. The third-order valence-electron chi connectivity index (χ3n) is 4.12. The number of aromatic nitrogens is 2. The summed E-state index contributed by atoms with van der Waals surface area (Å²) in [4.78, 5) is 34.4. The number of nitro benzene ring substituents is 1. The van der Waals surface area contributed by atoms with Gasteiger partial charge < -0.3 is 10.1 Å². The zero-order valence-electron chi connectivity index (χ0n) is 16.1. The van der Waals surface area contributed by atoms with Crippen molar-refractivity contribution in [1.82, 2.24) is 9.78 Å². The quantitative estimate of drug-likeness (QED) is 0.362. The second-order valence-corrected chi connectivity index (χ2v) is 6.84. The van der Waals surface area contributed by atoms with Crippen molar-refractivity contribution in [2.45, 2.75) is 13.8 Å². The van der Waals surface area contributed by atoms with Crippen LogP contribution in [0.4, 0.5) is 11.4 Å². The van der Waals surface area contributed by atoms with Gasteiger partial charge in [0.1, 0.15) is 5.02 Å². The average Bonchev–Trinajstić information content (AvgIpc) is 3.05. The van der Waals surface area contributed by atoms with E-state index < -0.39 is 23.4 Å². The zero-order valence-corrected chi connectivity index (χ0v) is 16.8. The Labute approximate surface area is 176 Å². The number of hydrogen-bond donors (Lipinski definition) is 1. The Hall–Kier alpha value is -3.72. The maximum atomic E-state index is 12.2. The van der Waals surface area contributed by atoms with Gasteiger partial charge in [0.2, 0.25) is 0 Å². The minimum absolute atomic E-state index is 0.0478. The minimum Gasteiger partial charge on any atom is -0.452 e. The number of amides is 1. The molecule has 2 aromatic carbocycles. The Morgan fingerprint density at radius 3 is 2.47 bits per heavy atom. The third kappa shape index (κ3) is 4.81. The van der Waals surface area contributed by atoms with Crippen molar-refractivity contribution in [3.63, 3.8) is 0 Å². The number of ether oxygens (including phenoxy) is 1. The van der Waals surface area contributed by atoms with Crippen molar-refractivity contribution in [3.05, 3.63) is 80.6 Å². The molecule has 0 saturated heterocycles. The highest BCUT2D eigenvalue weighted by Gasteiger charge is 2.15. The molecule has 1 N–H and O–H groups in total. The van der Waals surface area contributed by atoms with Crippen molar-refractivity contribution in [1.29, 1.82) is 0 Å². The third-order valence-corrected chi connectivity index (χ3v) is 4.44. The summed E-state index contributed by atoms with van der Waals surface area (Å²) in [6.45, 7) is 3.27. The number of carbonyl (C=O) groups excluding carboxylic acids is 2. The van der Waals surface area contributed by atoms with E-state index in [9.17, 15) is 19.7 Å². The lowest BCUT2D eigenvalue weighted by Gasteiger charge is -2.08. The Balaban J connectivity index is 1.59. The number of halogens is 1. The number of carbonyl (C=O) groups is 2. The Bertz CT molecular complexity index is 1120. The van der Waals surface area contributed by atoms with Gasteiger partial charge in [-0.25, -0.2) is 9.48 Å². The van der Waals surface area contributed by atoms with Crippen LogP contribution in [0.2, 0.25) is 5.02 Å². The monoisotopic (exact) mass is 428 g/mol. The van der Waals surface area contributed by atoms with Gasteiger partial charge in [0.05, 0.1) is 21.9 Å². The zero-order chi connectivity index (χ0) is 21.8. The van der Waals surface area contributed by atoms with Gasteiger partial charge in [-0.3, -0.25) is 14.9 Å². The van der Waals surface area contributed by atoms with Crippen LogP contribution in [0, 0.1) is 24.0 Å². The van der Waals surface area contributed by atoms with Gasteiger partial charge in [-0.05, 0) is 56.3 Å². The standard InChI is InChI=1S/C20H17ClN4O5/c1-12-9-13(2)24(23-12)16-6-3-14(4-7-16)20(27)30-11-19(26)22-15-5-8-17(21)18(10-15)25(28)29/h3-10H,11H2,1-2H3,(H,22,26). The first-order chi connectivity index (χ1) is 14.2. The van der Waals surface area contributed by atoms with Gasteiger partial charge >= 0.3 is 5.97 Å². The maximum Gasteiger partial charge on any atom is 0.338 e. The number of nitrogens with zero attached hydrogens (tertiary/aromatic N) is 3. The van der Waals surface area contributed by atoms with Crippen LogP contribution in [-0.4, -0.2) is 33.2 Å². The van der Waals surface area contributed by atoms with E-state index in [1.165, 1.54) is 12.1 Å². The van der Waals surface area contributed by atoms with E-state index in [0.29, 0.717) is 0 Å². The molecule has 0 aliphatic heterocycles. The fraction of sp³-hybridized carbons (Fsp3) is 0.150. The first kappa shape index (κ1) is 21.0. The molecule has 0 aliphatic carbocycles. The number of aryl methyl sites for hydroxylation is 2. The number of rotatable bonds is 6. The van der Waals surface area contributed by atoms with E-state index >= 15 is 0 Å². The summed E-state index contributed by atoms with van der Waals surface area (Å²) in [5, 5.41) is 17.6. The molecule has 0 unspecified atom stereocenters. The molecule has 3 rings (SSSR count). The molecule has 0 fully saturated rings. The van der Waals surface area contributed by atoms with E-state index in [0.717, 1.165) is 23.1 Å². The molecule has 1 aromatic heterocycles. The highest BCUT2D eigenvalue weighted by Crippen LogP contribution is 2.27. The summed E-state index contributed by atoms with van der Waals surface area (Å²) in [5.41, 5.74) is 2.74. The van der Waals surface area contributed by atoms with E-state index in [2.05, 4.69) is 10.4 Å². The first-order valence-corrected chi connectivity index (χ1v) is 9.17. The van der Waals surface area contributed by atoms with Crippen LogP contribution >= 0.6 is 11.6 Å². The molecular weight excluding hydrogens is 412 g/mol. The summed E-state index contributed by atoms with van der Waals surface area (Å²) in [6.07, 6.45) is 0. The molecule has 1 heterocycles. The molecule has 0 radical (unpaired) electrons. The largest absolute Gasteiger partial charge is 0.452 e. The lowest BCUT2D eigenvalue weighted by molar-refractivity contribution is -0.384. The first-order valence-electron chi connectivity index (χ1n) is 8.79. The van der Waals surface area contributed by atoms with Crippen LogP contribution in [0.1, 0.15) is 21.7 Å². The molecule has 0 bridgehead atoms. The molecule has 0 saturated carbocycles. The number of benzene rings is 2. The van der Waals surface area contributed by atoms with Crippen molar-refractivity contribution >= 4 is 34.9 Å². The lowest BCUT2D eigenvalue weighted by atomic mass is 10.2. The number of nitro groups is 1. The fourth-order valence-electron chi connectivity index (χ4n) is 2.77. The van der Waals surface area contributed by atoms with Gasteiger partial charge in [-0.2, -0.15) is 5.10 Å². The summed E-state index contributed by atoms with van der Waals surface area (Å²) in [6, 6.07) is 12.4. The van der Waals surface area contributed by atoms with Crippen molar-refractivity contribution in [3.8, 4) is 5.69 Å². The molecule has 3 aromatic rings. The molecule has 9 nitrogen and oxygen atoms in total.